The number of nitrogens with two attached hydrogens (primary N) is 1. The summed E-state index contributed by atoms with van der Waals surface area (Å²) in [5, 5.41) is 0.967. The highest BCUT2D eigenvalue weighted by Gasteiger charge is 2.18. The van der Waals surface area contributed by atoms with E-state index in [1.807, 2.05) is 37.6 Å². The fraction of sp³-hybridized carbons (Fsp3) is 0.357. The van der Waals surface area contributed by atoms with E-state index in [-0.39, 0.29) is 11.9 Å². The molecule has 1 aromatic heterocycles. The van der Waals surface area contributed by atoms with Gasteiger partial charge in [-0.15, -0.1) is 0 Å². The van der Waals surface area contributed by atoms with Crippen LogP contribution < -0.4 is 5.73 Å². The van der Waals surface area contributed by atoms with Crippen LogP contribution in [0.5, 0.6) is 0 Å². The number of nitrogens with one attached hydrogen (secondary N) is 1. The number of H-pyrrole nitrogens is 1. The van der Waals surface area contributed by atoms with Crippen LogP contribution in [0.15, 0.2) is 24.3 Å². The molecule has 0 aliphatic carbocycles. The molecule has 0 aliphatic rings. The van der Waals surface area contributed by atoms with Crippen LogP contribution >= 0.6 is 11.8 Å². The van der Waals surface area contributed by atoms with E-state index in [1.165, 1.54) is 0 Å². The van der Waals surface area contributed by atoms with Crippen molar-refractivity contribution in [2.75, 3.05) is 24.8 Å². The van der Waals surface area contributed by atoms with Gasteiger partial charge in [-0.2, -0.15) is 11.8 Å². The molecule has 0 saturated heterocycles. The molecule has 19 heavy (non-hydrogen) atoms. The number of thioether (sulfide) groups is 1. The quantitative estimate of drug-likeness (QED) is 0.844. The zero-order chi connectivity index (χ0) is 14.0. The van der Waals surface area contributed by atoms with Crippen molar-refractivity contribution in [3.05, 3.63) is 30.0 Å². The van der Waals surface area contributed by atoms with Gasteiger partial charge in [0.25, 0.3) is 5.91 Å². The Labute approximate surface area is 117 Å². The maximum absolute atomic E-state index is 12.4. The van der Waals surface area contributed by atoms with E-state index >= 15 is 0 Å². The predicted octanol–water partition coefficient (Wildman–Crippen LogP) is 2.57. The maximum Gasteiger partial charge on any atom is 0.270 e. The first-order chi connectivity index (χ1) is 9.02. The molecule has 0 aliphatic heterocycles. The number of carbonyl (C=O) groups excluding carboxylic acids is 1. The van der Waals surface area contributed by atoms with Crippen molar-refractivity contribution in [2.24, 2.45) is 0 Å². The minimum Gasteiger partial charge on any atom is -0.399 e. The van der Waals surface area contributed by atoms with Gasteiger partial charge in [0, 0.05) is 35.4 Å². The Balaban J connectivity index is 2.26. The molecular formula is C14H19N3OS. The summed E-state index contributed by atoms with van der Waals surface area (Å²) in [6, 6.07) is 7.66. The molecule has 1 heterocycles. The highest BCUT2D eigenvalue weighted by Crippen LogP contribution is 2.19. The molecule has 5 heteroatoms. The summed E-state index contributed by atoms with van der Waals surface area (Å²) in [5.74, 6) is 0.936. The van der Waals surface area contributed by atoms with Crippen LogP contribution in [0.2, 0.25) is 0 Å². The van der Waals surface area contributed by atoms with Gasteiger partial charge in [0.15, 0.2) is 0 Å². The Morgan fingerprint density at radius 3 is 2.89 bits per heavy atom. The van der Waals surface area contributed by atoms with Crippen molar-refractivity contribution in [1.29, 1.82) is 0 Å². The number of amides is 1. The summed E-state index contributed by atoms with van der Waals surface area (Å²) in [6.45, 7) is 2.05. The Morgan fingerprint density at radius 2 is 2.21 bits per heavy atom. The lowest BCUT2D eigenvalue weighted by atomic mass is 10.2. The summed E-state index contributed by atoms with van der Waals surface area (Å²) in [4.78, 5) is 17.3. The van der Waals surface area contributed by atoms with E-state index in [9.17, 15) is 4.79 Å². The van der Waals surface area contributed by atoms with Crippen molar-refractivity contribution in [3.63, 3.8) is 0 Å². The summed E-state index contributed by atoms with van der Waals surface area (Å²) in [6.07, 6.45) is 2.04. The van der Waals surface area contributed by atoms with E-state index in [4.69, 9.17) is 5.73 Å². The normalized spacial score (nSPS) is 12.6. The molecular weight excluding hydrogens is 258 g/mol. The third kappa shape index (κ3) is 2.87. The van der Waals surface area contributed by atoms with Crippen LogP contribution in [-0.2, 0) is 0 Å². The smallest absolute Gasteiger partial charge is 0.270 e. The fourth-order valence-electron chi connectivity index (χ4n) is 2.01. The predicted molar refractivity (Wildman–Crippen MR) is 82.6 cm³/mol. The molecule has 0 fully saturated rings. The van der Waals surface area contributed by atoms with Crippen LogP contribution in [0.1, 0.15) is 17.4 Å². The second-order valence-corrected chi connectivity index (χ2v) is 5.66. The third-order valence-corrected chi connectivity index (χ3v) is 4.08. The first kappa shape index (κ1) is 13.8. The van der Waals surface area contributed by atoms with Crippen molar-refractivity contribution in [3.8, 4) is 0 Å². The van der Waals surface area contributed by atoms with Crippen LogP contribution in [0.3, 0.4) is 0 Å². The van der Waals surface area contributed by atoms with E-state index in [2.05, 4.69) is 11.9 Å². The van der Waals surface area contributed by atoms with E-state index in [0.29, 0.717) is 11.4 Å². The molecule has 3 N–H and O–H groups in total. The van der Waals surface area contributed by atoms with Crippen molar-refractivity contribution >= 4 is 34.3 Å². The van der Waals surface area contributed by atoms with Gasteiger partial charge in [-0.05, 0) is 37.4 Å². The van der Waals surface area contributed by atoms with E-state index in [1.54, 1.807) is 16.7 Å². The van der Waals surface area contributed by atoms with Crippen LogP contribution in [0.25, 0.3) is 10.9 Å². The average molecular weight is 277 g/mol. The topological polar surface area (TPSA) is 62.1 Å². The van der Waals surface area contributed by atoms with Crippen molar-refractivity contribution in [2.45, 2.75) is 13.0 Å². The fourth-order valence-corrected chi connectivity index (χ4v) is 2.72. The first-order valence-electron chi connectivity index (χ1n) is 6.17. The van der Waals surface area contributed by atoms with E-state index in [0.717, 1.165) is 16.7 Å². The SMILES string of the molecule is CSCC(C)N(C)C(=O)c1cc2cc(N)ccc2[nH]1. The Kier molecular flexibility index (Phi) is 4.04. The zero-order valence-corrected chi connectivity index (χ0v) is 12.3. The lowest BCUT2D eigenvalue weighted by Gasteiger charge is -2.23. The molecule has 1 aromatic carbocycles. The maximum atomic E-state index is 12.4. The lowest BCUT2D eigenvalue weighted by molar-refractivity contribution is 0.0752. The Bertz CT molecular complexity index is 593. The number of aromatic nitrogens is 1. The molecule has 2 aromatic rings. The number of hydrogen-bond donors (Lipinski definition) is 2. The molecule has 0 spiro atoms. The molecule has 1 atom stereocenters. The standard InChI is InChI=1S/C14H19N3OS/c1-9(8-19-3)17(2)14(18)13-7-10-6-11(15)4-5-12(10)16-13/h4-7,9,16H,8,15H2,1-3H3. The molecule has 1 unspecified atom stereocenters. The van der Waals surface area contributed by atoms with Gasteiger partial charge < -0.3 is 15.6 Å². The highest BCUT2D eigenvalue weighted by molar-refractivity contribution is 7.98. The minimum atomic E-state index is 0.0105. The highest BCUT2D eigenvalue weighted by atomic mass is 32.2. The molecule has 2 rings (SSSR count). The molecule has 4 nitrogen and oxygen atoms in total. The molecule has 1 amide bonds. The van der Waals surface area contributed by atoms with Crippen molar-refractivity contribution in [1.82, 2.24) is 9.88 Å². The van der Waals surface area contributed by atoms with Crippen LogP contribution in [-0.4, -0.2) is 40.9 Å². The third-order valence-electron chi connectivity index (χ3n) is 3.26. The van der Waals surface area contributed by atoms with Crippen LogP contribution in [0, 0.1) is 0 Å². The number of carbonyl (C=O) groups is 1. The minimum absolute atomic E-state index is 0.0105. The Hall–Kier alpha value is -1.62. The van der Waals surface area contributed by atoms with Gasteiger partial charge in [0.05, 0.1) is 0 Å². The molecule has 102 valence electrons. The van der Waals surface area contributed by atoms with Gasteiger partial charge in [0.1, 0.15) is 5.69 Å². The number of aromatic amines is 1. The van der Waals surface area contributed by atoms with Crippen molar-refractivity contribution < 1.29 is 4.79 Å². The first-order valence-corrected chi connectivity index (χ1v) is 7.56. The number of hydrogen-bond acceptors (Lipinski definition) is 3. The molecule has 0 radical (unpaired) electrons. The summed E-state index contributed by atoms with van der Waals surface area (Å²) in [7, 11) is 1.84. The summed E-state index contributed by atoms with van der Waals surface area (Å²) >= 11 is 1.74. The van der Waals surface area contributed by atoms with Gasteiger partial charge in [-0.1, -0.05) is 0 Å². The number of fused-ring (bicyclic) bond motifs is 1. The second-order valence-electron chi connectivity index (χ2n) is 4.75. The van der Waals surface area contributed by atoms with Gasteiger partial charge >= 0.3 is 0 Å². The second kappa shape index (κ2) is 5.57. The zero-order valence-electron chi connectivity index (χ0n) is 11.4. The number of nitrogen functional groups attached to an aromatic ring is 1. The number of rotatable bonds is 4. The summed E-state index contributed by atoms with van der Waals surface area (Å²) < 4.78 is 0. The van der Waals surface area contributed by atoms with E-state index < -0.39 is 0 Å². The summed E-state index contributed by atoms with van der Waals surface area (Å²) in [5.41, 5.74) is 7.99. The molecule has 0 bridgehead atoms. The molecule has 0 saturated carbocycles. The monoisotopic (exact) mass is 277 g/mol. The average Bonchev–Trinajstić information content (AvgIpc) is 2.80. The number of anilines is 1. The van der Waals surface area contributed by atoms with Gasteiger partial charge in [0.2, 0.25) is 0 Å². The Morgan fingerprint density at radius 1 is 1.47 bits per heavy atom. The number of benzene rings is 1. The lowest BCUT2D eigenvalue weighted by Crippen LogP contribution is -2.36. The largest absolute Gasteiger partial charge is 0.399 e. The number of nitrogens with zero attached hydrogens (tertiary/aromatic N) is 1. The van der Waals surface area contributed by atoms with Gasteiger partial charge in [-0.25, -0.2) is 0 Å². The van der Waals surface area contributed by atoms with Gasteiger partial charge in [-0.3, -0.25) is 4.79 Å². The van der Waals surface area contributed by atoms with Crippen LogP contribution in [0.4, 0.5) is 5.69 Å².